The molecule has 1 aliphatic rings. The highest BCUT2D eigenvalue weighted by Gasteiger charge is 2.18. The van der Waals surface area contributed by atoms with Gasteiger partial charge in [0.15, 0.2) is 0 Å². The van der Waals surface area contributed by atoms with Gasteiger partial charge >= 0.3 is 0 Å². The van der Waals surface area contributed by atoms with E-state index in [1.165, 1.54) is 0 Å². The van der Waals surface area contributed by atoms with E-state index >= 15 is 0 Å². The summed E-state index contributed by atoms with van der Waals surface area (Å²) in [6.07, 6.45) is 5.64. The average molecular weight is 257 g/mol. The van der Waals surface area contributed by atoms with Crippen LogP contribution >= 0.6 is 0 Å². The summed E-state index contributed by atoms with van der Waals surface area (Å²) in [5.41, 5.74) is 1.92. The molecule has 0 saturated carbocycles. The van der Waals surface area contributed by atoms with Crippen molar-refractivity contribution in [1.82, 2.24) is 4.98 Å². The number of fused-ring (bicyclic) bond motifs is 1. The minimum Gasteiger partial charge on any atom is -0.388 e. The van der Waals surface area contributed by atoms with Crippen molar-refractivity contribution in [3.05, 3.63) is 42.1 Å². The Bertz CT molecular complexity index is 544. The number of pyridine rings is 1. The van der Waals surface area contributed by atoms with Crippen LogP contribution in [0.5, 0.6) is 0 Å². The van der Waals surface area contributed by atoms with Crippen molar-refractivity contribution in [3.63, 3.8) is 0 Å². The zero-order valence-corrected chi connectivity index (χ0v) is 11.0. The van der Waals surface area contributed by atoms with Crippen molar-refractivity contribution < 1.29 is 9.84 Å². The van der Waals surface area contributed by atoms with Crippen LogP contribution in [0.1, 0.15) is 37.4 Å². The maximum Gasteiger partial charge on any atom is 0.0797 e. The van der Waals surface area contributed by atoms with Crippen molar-refractivity contribution in [2.24, 2.45) is 0 Å². The summed E-state index contributed by atoms with van der Waals surface area (Å²) in [4.78, 5) is 4.33. The SMILES string of the molecule is OC(CCC1CCCO1)c1cccc2ncccc12. The first-order valence-corrected chi connectivity index (χ1v) is 6.98. The van der Waals surface area contributed by atoms with Gasteiger partial charge in [-0.3, -0.25) is 4.98 Å². The fourth-order valence-corrected chi connectivity index (χ4v) is 2.79. The number of ether oxygens (including phenoxy) is 1. The molecular formula is C16H19NO2. The molecule has 1 N–H and O–H groups in total. The molecular weight excluding hydrogens is 238 g/mol. The Kier molecular flexibility index (Phi) is 3.76. The Morgan fingerprint density at radius 2 is 2.26 bits per heavy atom. The van der Waals surface area contributed by atoms with Gasteiger partial charge in [0.25, 0.3) is 0 Å². The Hall–Kier alpha value is -1.45. The lowest BCUT2D eigenvalue weighted by molar-refractivity contribution is 0.0815. The van der Waals surface area contributed by atoms with E-state index in [0.717, 1.165) is 48.8 Å². The molecule has 2 unspecified atom stereocenters. The second-order valence-electron chi connectivity index (χ2n) is 5.15. The van der Waals surface area contributed by atoms with Gasteiger partial charge in [-0.15, -0.1) is 0 Å². The zero-order valence-electron chi connectivity index (χ0n) is 11.0. The van der Waals surface area contributed by atoms with Crippen LogP contribution in [0, 0.1) is 0 Å². The fraction of sp³-hybridized carbons (Fsp3) is 0.438. The molecule has 2 atom stereocenters. The van der Waals surface area contributed by atoms with Crippen LogP contribution < -0.4 is 0 Å². The third-order valence-electron chi connectivity index (χ3n) is 3.82. The van der Waals surface area contributed by atoms with E-state index in [1.807, 2.05) is 30.3 Å². The maximum atomic E-state index is 10.4. The molecule has 3 nitrogen and oxygen atoms in total. The topological polar surface area (TPSA) is 42.4 Å². The lowest BCUT2D eigenvalue weighted by atomic mass is 9.98. The van der Waals surface area contributed by atoms with E-state index in [-0.39, 0.29) is 0 Å². The fourth-order valence-electron chi connectivity index (χ4n) is 2.79. The Labute approximate surface area is 113 Å². The number of aliphatic hydroxyl groups is 1. The summed E-state index contributed by atoms with van der Waals surface area (Å²) < 4.78 is 5.60. The van der Waals surface area contributed by atoms with Crippen LogP contribution in [0.3, 0.4) is 0 Å². The van der Waals surface area contributed by atoms with Gasteiger partial charge in [-0.1, -0.05) is 18.2 Å². The quantitative estimate of drug-likeness (QED) is 0.914. The lowest BCUT2D eigenvalue weighted by Crippen LogP contribution is -2.08. The van der Waals surface area contributed by atoms with E-state index < -0.39 is 6.10 Å². The summed E-state index contributed by atoms with van der Waals surface area (Å²) in [7, 11) is 0. The van der Waals surface area contributed by atoms with Crippen LogP contribution in [0.25, 0.3) is 10.9 Å². The van der Waals surface area contributed by atoms with Crippen LogP contribution in [-0.2, 0) is 4.74 Å². The molecule has 0 radical (unpaired) electrons. The van der Waals surface area contributed by atoms with Crippen molar-refractivity contribution in [3.8, 4) is 0 Å². The second-order valence-corrected chi connectivity index (χ2v) is 5.15. The standard InChI is InChI=1S/C16H19NO2/c18-16(9-8-12-4-3-11-19-12)14-5-1-7-15-13(14)6-2-10-17-15/h1-2,5-7,10,12,16,18H,3-4,8-9,11H2. The van der Waals surface area contributed by atoms with Gasteiger partial charge in [0.05, 0.1) is 17.7 Å². The van der Waals surface area contributed by atoms with Gasteiger partial charge in [-0.05, 0) is 43.4 Å². The van der Waals surface area contributed by atoms with Crippen molar-refractivity contribution in [2.45, 2.75) is 37.9 Å². The van der Waals surface area contributed by atoms with E-state index in [2.05, 4.69) is 4.98 Å². The minimum absolute atomic E-state index is 0.336. The predicted octanol–water partition coefficient (Wildman–Crippen LogP) is 3.23. The monoisotopic (exact) mass is 257 g/mol. The first-order valence-electron chi connectivity index (χ1n) is 6.98. The van der Waals surface area contributed by atoms with Crippen LogP contribution in [0.4, 0.5) is 0 Å². The van der Waals surface area contributed by atoms with Crippen LogP contribution in [0.2, 0.25) is 0 Å². The Morgan fingerprint density at radius 1 is 1.32 bits per heavy atom. The molecule has 3 rings (SSSR count). The predicted molar refractivity (Wildman–Crippen MR) is 74.9 cm³/mol. The van der Waals surface area contributed by atoms with E-state index in [1.54, 1.807) is 6.20 Å². The van der Waals surface area contributed by atoms with E-state index in [4.69, 9.17) is 4.74 Å². The molecule has 0 spiro atoms. The molecule has 19 heavy (non-hydrogen) atoms. The smallest absolute Gasteiger partial charge is 0.0797 e. The summed E-state index contributed by atoms with van der Waals surface area (Å²) in [5, 5.41) is 11.4. The number of benzene rings is 1. The highest BCUT2D eigenvalue weighted by Crippen LogP contribution is 2.28. The van der Waals surface area contributed by atoms with Gasteiger partial charge in [-0.2, -0.15) is 0 Å². The minimum atomic E-state index is -0.433. The highest BCUT2D eigenvalue weighted by molar-refractivity contribution is 5.82. The molecule has 1 saturated heterocycles. The molecule has 0 bridgehead atoms. The summed E-state index contributed by atoms with van der Waals surface area (Å²) in [6.45, 7) is 0.874. The number of hydrogen-bond donors (Lipinski definition) is 1. The first-order chi connectivity index (χ1) is 9.34. The molecule has 100 valence electrons. The zero-order chi connectivity index (χ0) is 13.1. The lowest BCUT2D eigenvalue weighted by Gasteiger charge is -2.15. The summed E-state index contributed by atoms with van der Waals surface area (Å²) >= 11 is 0. The number of aliphatic hydroxyl groups excluding tert-OH is 1. The van der Waals surface area contributed by atoms with Gasteiger partial charge in [0.1, 0.15) is 0 Å². The van der Waals surface area contributed by atoms with Gasteiger partial charge in [0.2, 0.25) is 0 Å². The molecule has 1 aliphatic heterocycles. The van der Waals surface area contributed by atoms with Gasteiger partial charge < -0.3 is 9.84 Å². The van der Waals surface area contributed by atoms with Crippen molar-refractivity contribution in [2.75, 3.05) is 6.61 Å². The average Bonchev–Trinajstić information content (AvgIpc) is 2.97. The molecule has 0 amide bonds. The molecule has 0 aliphatic carbocycles. The van der Waals surface area contributed by atoms with Crippen LogP contribution in [0.15, 0.2) is 36.5 Å². The molecule has 1 fully saturated rings. The third-order valence-corrected chi connectivity index (χ3v) is 3.82. The van der Waals surface area contributed by atoms with Gasteiger partial charge in [-0.25, -0.2) is 0 Å². The Balaban J connectivity index is 1.75. The largest absolute Gasteiger partial charge is 0.388 e. The van der Waals surface area contributed by atoms with Crippen molar-refractivity contribution in [1.29, 1.82) is 0 Å². The number of aromatic nitrogens is 1. The summed E-state index contributed by atoms with van der Waals surface area (Å²) in [5.74, 6) is 0. The highest BCUT2D eigenvalue weighted by atomic mass is 16.5. The third kappa shape index (κ3) is 2.77. The molecule has 2 heterocycles. The molecule has 1 aromatic carbocycles. The van der Waals surface area contributed by atoms with Crippen LogP contribution in [-0.4, -0.2) is 22.8 Å². The number of nitrogens with zero attached hydrogens (tertiary/aromatic N) is 1. The number of hydrogen-bond acceptors (Lipinski definition) is 3. The normalized spacial score (nSPS) is 20.8. The number of rotatable bonds is 4. The maximum absolute atomic E-state index is 10.4. The second kappa shape index (κ2) is 5.68. The van der Waals surface area contributed by atoms with E-state index in [9.17, 15) is 5.11 Å². The molecule has 1 aromatic heterocycles. The molecule has 3 heteroatoms. The summed E-state index contributed by atoms with van der Waals surface area (Å²) in [6, 6.07) is 9.86. The van der Waals surface area contributed by atoms with E-state index in [0.29, 0.717) is 6.10 Å². The van der Waals surface area contributed by atoms with Gasteiger partial charge in [0, 0.05) is 18.2 Å². The molecule has 2 aromatic rings. The Morgan fingerprint density at radius 3 is 3.11 bits per heavy atom. The first kappa shape index (κ1) is 12.6. The van der Waals surface area contributed by atoms with Crippen molar-refractivity contribution >= 4 is 10.9 Å².